The smallest absolute Gasteiger partial charge is 0.252 e. The SMILES string of the molecule is COc1cc2c(cc1OC)CN(C(=O)[C@@H]1CC[C@H](CN)O1)CC2.Cl. The van der Waals surface area contributed by atoms with Gasteiger partial charge in [-0.25, -0.2) is 0 Å². The molecule has 7 heteroatoms. The molecule has 3 rings (SSSR count). The van der Waals surface area contributed by atoms with Crippen LogP contribution in [0.25, 0.3) is 0 Å². The summed E-state index contributed by atoms with van der Waals surface area (Å²) >= 11 is 0. The first kappa shape index (κ1) is 18.8. The molecule has 2 heterocycles. The molecule has 1 saturated heterocycles. The van der Waals surface area contributed by atoms with Crippen LogP contribution in [0, 0.1) is 0 Å². The normalized spacial score (nSPS) is 22.5. The Balaban J connectivity index is 0.00000208. The molecule has 1 fully saturated rings. The number of amides is 1. The highest BCUT2D eigenvalue weighted by Gasteiger charge is 2.34. The van der Waals surface area contributed by atoms with Crippen LogP contribution in [0.5, 0.6) is 11.5 Å². The van der Waals surface area contributed by atoms with E-state index in [1.165, 1.54) is 5.56 Å². The number of hydrogen-bond donors (Lipinski definition) is 1. The topological polar surface area (TPSA) is 74.0 Å². The Labute approximate surface area is 148 Å². The van der Waals surface area contributed by atoms with Crippen LogP contribution in [0.15, 0.2) is 12.1 Å². The van der Waals surface area contributed by atoms with Gasteiger partial charge in [-0.05, 0) is 42.5 Å². The lowest BCUT2D eigenvalue weighted by Crippen LogP contribution is -2.42. The molecule has 2 aliphatic heterocycles. The number of ether oxygens (including phenoxy) is 3. The highest BCUT2D eigenvalue weighted by Crippen LogP contribution is 2.33. The van der Waals surface area contributed by atoms with Crippen molar-refractivity contribution in [2.24, 2.45) is 5.73 Å². The second kappa shape index (κ2) is 8.05. The number of methoxy groups -OCH3 is 2. The maximum atomic E-state index is 12.7. The molecule has 0 aromatic heterocycles. The maximum absolute atomic E-state index is 12.7. The van der Waals surface area contributed by atoms with Crippen LogP contribution in [0.2, 0.25) is 0 Å². The van der Waals surface area contributed by atoms with Gasteiger partial charge < -0.3 is 24.8 Å². The number of hydrogen-bond acceptors (Lipinski definition) is 5. The van der Waals surface area contributed by atoms with E-state index in [4.69, 9.17) is 19.9 Å². The summed E-state index contributed by atoms with van der Waals surface area (Å²) in [5.74, 6) is 1.50. The summed E-state index contributed by atoms with van der Waals surface area (Å²) in [7, 11) is 3.25. The van der Waals surface area contributed by atoms with Crippen LogP contribution < -0.4 is 15.2 Å². The van der Waals surface area contributed by atoms with E-state index in [0.29, 0.717) is 25.4 Å². The molecule has 0 saturated carbocycles. The Morgan fingerprint density at radius 1 is 1.25 bits per heavy atom. The number of halogens is 1. The number of carbonyl (C=O) groups excluding carboxylic acids is 1. The number of rotatable bonds is 4. The standard InChI is InChI=1S/C17H24N2O4.ClH/c1-21-15-7-11-5-6-19(10-12(11)8-16(15)22-2)17(20)14-4-3-13(9-18)23-14;/h7-8,13-14H,3-6,9-10,18H2,1-2H3;1H/t13-,14+;/m1./s1. The summed E-state index contributed by atoms with van der Waals surface area (Å²) < 4.78 is 16.4. The number of fused-ring (bicyclic) bond motifs is 1. The maximum Gasteiger partial charge on any atom is 0.252 e. The van der Waals surface area contributed by atoms with Crippen LogP contribution in [0.4, 0.5) is 0 Å². The lowest BCUT2D eigenvalue weighted by Gasteiger charge is -2.31. The van der Waals surface area contributed by atoms with E-state index in [1.54, 1.807) is 14.2 Å². The van der Waals surface area contributed by atoms with Crippen molar-refractivity contribution in [3.63, 3.8) is 0 Å². The van der Waals surface area contributed by atoms with Crippen molar-refractivity contribution in [2.45, 2.75) is 38.0 Å². The fourth-order valence-electron chi connectivity index (χ4n) is 3.34. The summed E-state index contributed by atoms with van der Waals surface area (Å²) in [6, 6.07) is 3.97. The van der Waals surface area contributed by atoms with E-state index in [0.717, 1.165) is 30.6 Å². The highest BCUT2D eigenvalue weighted by atomic mass is 35.5. The summed E-state index contributed by atoms with van der Waals surface area (Å²) in [5, 5.41) is 0. The Morgan fingerprint density at radius 3 is 2.50 bits per heavy atom. The van der Waals surface area contributed by atoms with E-state index in [-0.39, 0.29) is 30.5 Å². The molecule has 0 unspecified atom stereocenters. The molecule has 24 heavy (non-hydrogen) atoms. The Bertz CT molecular complexity index is 596. The molecule has 6 nitrogen and oxygen atoms in total. The molecule has 134 valence electrons. The molecule has 0 bridgehead atoms. The third-order valence-electron chi connectivity index (χ3n) is 4.68. The quantitative estimate of drug-likeness (QED) is 0.885. The molecule has 2 aliphatic rings. The van der Waals surface area contributed by atoms with Crippen LogP contribution in [-0.4, -0.2) is 50.3 Å². The van der Waals surface area contributed by atoms with Gasteiger partial charge in [-0.2, -0.15) is 0 Å². The zero-order valence-corrected chi connectivity index (χ0v) is 14.9. The zero-order valence-electron chi connectivity index (χ0n) is 14.1. The Morgan fingerprint density at radius 2 is 1.92 bits per heavy atom. The summed E-state index contributed by atoms with van der Waals surface area (Å²) in [6.45, 7) is 1.76. The molecule has 1 amide bonds. The van der Waals surface area contributed by atoms with E-state index in [1.807, 2.05) is 17.0 Å². The summed E-state index contributed by atoms with van der Waals surface area (Å²) in [5.41, 5.74) is 7.94. The van der Waals surface area contributed by atoms with Crippen LogP contribution in [0.3, 0.4) is 0 Å². The van der Waals surface area contributed by atoms with Gasteiger partial charge in [0.2, 0.25) is 0 Å². The van der Waals surface area contributed by atoms with Gasteiger partial charge in [-0.1, -0.05) is 0 Å². The van der Waals surface area contributed by atoms with E-state index in [9.17, 15) is 4.79 Å². The number of benzene rings is 1. The molecule has 0 spiro atoms. The molecular formula is C17H25ClN2O4. The third kappa shape index (κ3) is 3.61. The number of carbonyl (C=O) groups is 1. The van der Waals surface area contributed by atoms with E-state index < -0.39 is 0 Å². The first-order chi connectivity index (χ1) is 11.2. The third-order valence-corrected chi connectivity index (χ3v) is 4.68. The molecule has 1 aromatic rings. The first-order valence-corrected chi connectivity index (χ1v) is 8.04. The molecular weight excluding hydrogens is 332 g/mol. The van der Waals surface area contributed by atoms with Gasteiger partial charge in [0, 0.05) is 19.6 Å². The van der Waals surface area contributed by atoms with Crippen molar-refractivity contribution >= 4 is 18.3 Å². The fraction of sp³-hybridized carbons (Fsp3) is 0.588. The van der Waals surface area contributed by atoms with E-state index in [2.05, 4.69) is 0 Å². The molecule has 0 aliphatic carbocycles. The van der Waals surface area contributed by atoms with Gasteiger partial charge in [0.05, 0.1) is 20.3 Å². The summed E-state index contributed by atoms with van der Waals surface area (Å²) in [6.07, 6.45) is 2.11. The molecule has 0 radical (unpaired) electrons. The molecule has 2 N–H and O–H groups in total. The van der Waals surface area contributed by atoms with Crippen LogP contribution in [-0.2, 0) is 22.5 Å². The van der Waals surface area contributed by atoms with Gasteiger partial charge in [-0.3, -0.25) is 4.79 Å². The van der Waals surface area contributed by atoms with Crippen molar-refractivity contribution in [1.29, 1.82) is 0 Å². The van der Waals surface area contributed by atoms with Crippen LogP contribution in [0.1, 0.15) is 24.0 Å². The average Bonchev–Trinajstić information content (AvgIpc) is 3.08. The van der Waals surface area contributed by atoms with Gasteiger partial charge in [0.15, 0.2) is 11.5 Å². The minimum atomic E-state index is -0.342. The van der Waals surface area contributed by atoms with Gasteiger partial charge >= 0.3 is 0 Å². The zero-order chi connectivity index (χ0) is 16.4. The Hall–Kier alpha value is -1.50. The highest BCUT2D eigenvalue weighted by molar-refractivity contribution is 5.85. The van der Waals surface area contributed by atoms with Gasteiger partial charge in [-0.15, -0.1) is 12.4 Å². The van der Waals surface area contributed by atoms with Crippen molar-refractivity contribution in [3.05, 3.63) is 23.3 Å². The molecule has 1 aromatic carbocycles. The van der Waals surface area contributed by atoms with Gasteiger partial charge in [0.1, 0.15) is 6.10 Å². The van der Waals surface area contributed by atoms with Crippen LogP contribution >= 0.6 is 12.4 Å². The van der Waals surface area contributed by atoms with Crippen molar-refractivity contribution in [3.8, 4) is 11.5 Å². The first-order valence-electron chi connectivity index (χ1n) is 8.04. The summed E-state index contributed by atoms with van der Waals surface area (Å²) in [4.78, 5) is 14.5. The van der Waals surface area contributed by atoms with Crippen molar-refractivity contribution < 1.29 is 19.0 Å². The second-order valence-electron chi connectivity index (χ2n) is 6.05. The second-order valence-corrected chi connectivity index (χ2v) is 6.05. The van der Waals surface area contributed by atoms with Crippen molar-refractivity contribution in [1.82, 2.24) is 4.90 Å². The molecule has 2 atom stereocenters. The number of nitrogens with two attached hydrogens (primary N) is 1. The predicted molar refractivity (Wildman–Crippen MR) is 92.9 cm³/mol. The monoisotopic (exact) mass is 356 g/mol. The minimum Gasteiger partial charge on any atom is -0.493 e. The predicted octanol–water partition coefficient (Wildman–Crippen LogP) is 1.52. The Kier molecular flexibility index (Phi) is 6.32. The fourth-order valence-corrected chi connectivity index (χ4v) is 3.34. The lowest BCUT2D eigenvalue weighted by atomic mass is 9.98. The van der Waals surface area contributed by atoms with E-state index >= 15 is 0 Å². The lowest BCUT2D eigenvalue weighted by molar-refractivity contribution is -0.143. The van der Waals surface area contributed by atoms with Gasteiger partial charge in [0.25, 0.3) is 5.91 Å². The minimum absolute atomic E-state index is 0. The largest absolute Gasteiger partial charge is 0.493 e. The number of nitrogens with zero attached hydrogens (tertiary/aromatic N) is 1. The average molecular weight is 357 g/mol. The van der Waals surface area contributed by atoms with Crippen molar-refractivity contribution in [2.75, 3.05) is 27.3 Å².